The van der Waals surface area contributed by atoms with Crippen LogP contribution in [0.2, 0.25) is 0 Å². The summed E-state index contributed by atoms with van der Waals surface area (Å²) < 4.78 is 0. The molecule has 5 heteroatoms. The molecule has 5 nitrogen and oxygen atoms in total. The predicted molar refractivity (Wildman–Crippen MR) is 68.6 cm³/mol. The van der Waals surface area contributed by atoms with Gasteiger partial charge in [0, 0.05) is 17.4 Å². The van der Waals surface area contributed by atoms with Gasteiger partial charge in [-0.3, -0.25) is 5.32 Å². The third kappa shape index (κ3) is 1.76. The van der Waals surface area contributed by atoms with Crippen molar-refractivity contribution in [2.45, 2.75) is 0 Å². The van der Waals surface area contributed by atoms with Gasteiger partial charge in [-0.25, -0.2) is 9.97 Å². The molecule has 3 rings (SSSR count). The van der Waals surface area contributed by atoms with E-state index >= 15 is 0 Å². The Balaban J connectivity index is 2.08. The topological polar surface area (TPSA) is 77.4 Å². The standard InChI is InChI=1S/C13H9N5/c14-8-17-10-3-1-2-9(6-10)12-7-16-13-11(18-12)4-5-15-13/h1-7,17H,(H,15,16). The van der Waals surface area contributed by atoms with Gasteiger partial charge in [0.2, 0.25) is 0 Å². The number of anilines is 1. The molecule has 0 aliphatic rings. The van der Waals surface area contributed by atoms with Crippen LogP contribution in [0.15, 0.2) is 42.7 Å². The summed E-state index contributed by atoms with van der Waals surface area (Å²) in [5.74, 6) is 0. The number of nitrogens with one attached hydrogen (secondary N) is 2. The van der Waals surface area contributed by atoms with Crippen LogP contribution < -0.4 is 5.32 Å². The summed E-state index contributed by atoms with van der Waals surface area (Å²) in [4.78, 5) is 11.8. The molecule has 3 aromatic rings. The molecule has 0 fully saturated rings. The Morgan fingerprint density at radius 2 is 2.22 bits per heavy atom. The van der Waals surface area contributed by atoms with E-state index in [9.17, 15) is 0 Å². The molecule has 0 amide bonds. The summed E-state index contributed by atoms with van der Waals surface area (Å²) in [5.41, 5.74) is 4.04. The van der Waals surface area contributed by atoms with Gasteiger partial charge in [-0.1, -0.05) is 12.1 Å². The average Bonchev–Trinajstić information content (AvgIpc) is 2.86. The molecule has 0 atom stereocenters. The molecule has 86 valence electrons. The molecule has 0 aliphatic carbocycles. The number of H-pyrrole nitrogens is 1. The second kappa shape index (κ2) is 4.18. The maximum Gasteiger partial charge on any atom is 0.181 e. The van der Waals surface area contributed by atoms with Crippen molar-refractivity contribution < 1.29 is 0 Å². The predicted octanol–water partition coefficient (Wildman–Crippen LogP) is 2.52. The minimum absolute atomic E-state index is 0.742. The lowest BCUT2D eigenvalue weighted by molar-refractivity contribution is 1.26. The lowest BCUT2D eigenvalue weighted by Crippen LogP contribution is -1.90. The molecule has 2 heterocycles. The zero-order valence-corrected chi connectivity index (χ0v) is 9.38. The summed E-state index contributed by atoms with van der Waals surface area (Å²) in [6.07, 6.45) is 5.42. The Kier molecular flexibility index (Phi) is 2.39. The Morgan fingerprint density at radius 1 is 1.28 bits per heavy atom. The maximum absolute atomic E-state index is 8.60. The Bertz CT molecular complexity index is 738. The van der Waals surface area contributed by atoms with Crippen molar-refractivity contribution in [2.75, 3.05) is 5.32 Å². The number of fused-ring (bicyclic) bond motifs is 1. The van der Waals surface area contributed by atoms with Crippen molar-refractivity contribution in [2.24, 2.45) is 0 Å². The minimum atomic E-state index is 0.742. The van der Waals surface area contributed by atoms with E-state index in [0.717, 1.165) is 28.1 Å². The van der Waals surface area contributed by atoms with Crippen LogP contribution in [0, 0.1) is 11.5 Å². The summed E-state index contributed by atoms with van der Waals surface area (Å²) in [6.45, 7) is 0. The molecule has 0 unspecified atom stereocenters. The van der Waals surface area contributed by atoms with Crippen LogP contribution in [0.1, 0.15) is 0 Å². The van der Waals surface area contributed by atoms with Crippen LogP contribution in [0.5, 0.6) is 0 Å². The molecule has 0 aliphatic heterocycles. The zero-order valence-electron chi connectivity index (χ0n) is 9.38. The van der Waals surface area contributed by atoms with Crippen LogP contribution in [-0.2, 0) is 0 Å². The fraction of sp³-hybridized carbons (Fsp3) is 0. The Morgan fingerprint density at radius 3 is 3.11 bits per heavy atom. The second-order valence-corrected chi connectivity index (χ2v) is 3.78. The fourth-order valence-corrected chi connectivity index (χ4v) is 1.79. The number of nitriles is 1. The van der Waals surface area contributed by atoms with Gasteiger partial charge < -0.3 is 4.98 Å². The van der Waals surface area contributed by atoms with Crippen molar-refractivity contribution in [1.29, 1.82) is 5.26 Å². The van der Waals surface area contributed by atoms with Crippen LogP contribution in [0.4, 0.5) is 5.69 Å². The smallest absolute Gasteiger partial charge is 0.181 e. The number of rotatable bonds is 2. The second-order valence-electron chi connectivity index (χ2n) is 3.78. The van der Waals surface area contributed by atoms with Crippen molar-refractivity contribution in [3.8, 4) is 17.5 Å². The molecule has 0 saturated carbocycles. The number of nitrogens with zero attached hydrogens (tertiary/aromatic N) is 3. The van der Waals surface area contributed by atoms with Gasteiger partial charge in [-0.2, -0.15) is 5.26 Å². The van der Waals surface area contributed by atoms with E-state index in [1.165, 1.54) is 0 Å². The van der Waals surface area contributed by atoms with Crippen LogP contribution in [0.25, 0.3) is 22.4 Å². The molecule has 18 heavy (non-hydrogen) atoms. The number of benzene rings is 1. The molecule has 0 saturated heterocycles. The lowest BCUT2D eigenvalue weighted by atomic mass is 10.1. The first-order valence-electron chi connectivity index (χ1n) is 5.42. The summed E-state index contributed by atoms with van der Waals surface area (Å²) in [7, 11) is 0. The normalized spacial score (nSPS) is 10.2. The molecular weight excluding hydrogens is 226 g/mol. The van der Waals surface area contributed by atoms with Crippen molar-refractivity contribution in [3.05, 3.63) is 42.7 Å². The van der Waals surface area contributed by atoms with E-state index in [2.05, 4.69) is 20.3 Å². The molecule has 2 N–H and O–H groups in total. The summed E-state index contributed by atoms with van der Waals surface area (Å²) in [6, 6.07) is 9.38. The highest BCUT2D eigenvalue weighted by Crippen LogP contribution is 2.21. The Hall–Kier alpha value is -2.87. The highest BCUT2D eigenvalue weighted by molar-refractivity contribution is 5.75. The van der Waals surface area contributed by atoms with Gasteiger partial charge in [-0.05, 0) is 18.2 Å². The molecular formula is C13H9N5. The highest BCUT2D eigenvalue weighted by atomic mass is 14.9. The third-order valence-electron chi connectivity index (χ3n) is 2.62. The number of hydrogen-bond donors (Lipinski definition) is 2. The van der Waals surface area contributed by atoms with E-state index in [0.29, 0.717) is 0 Å². The molecule has 0 radical (unpaired) electrons. The third-order valence-corrected chi connectivity index (χ3v) is 2.62. The fourth-order valence-electron chi connectivity index (χ4n) is 1.79. The highest BCUT2D eigenvalue weighted by Gasteiger charge is 2.03. The first-order chi connectivity index (χ1) is 8.86. The van der Waals surface area contributed by atoms with Gasteiger partial charge in [-0.15, -0.1) is 0 Å². The zero-order chi connectivity index (χ0) is 12.4. The average molecular weight is 235 g/mol. The van der Waals surface area contributed by atoms with E-state index < -0.39 is 0 Å². The van der Waals surface area contributed by atoms with E-state index in [4.69, 9.17) is 5.26 Å². The van der Waals surface area contributed by atoms with Gasteiger partial charge in [0.25, 0.3) is 0 Å². The monoisotopic (exact) mass is 235 g/mol. The van der Waals surface area contributed by atoms with Crippen LogP contribution in [0.3, 0.4) is 0 Å². The van der Waals surface area contributed by atoms with Crippen molar-refractivity contribution in [1.82, 2.24) is 15.0 Å². The lowest BCUT2D eigenvalue weighted by Gasteiger charge is -2.03. The molecule has 0 spiro atoms. The van der Waals surface area contributed by atoms with E-state index in [1.807, 2.05) is 42.7 Å². The minimum Gasteiger partial charge on any atom is -0.345 e. The summed E-state index contributed by atoms with van der Waals surface area (Å²) >= 11 is 0. The quantitative estimate of drug-likeness (QED) is 0.528. The van der Waals surface area contributed by atoms with Gasteiger partial charge >= 0.3 is 0 Å². The first kappa shape index (κ1) is 10.3. The molecule has 1 aromatic carbocycles. The van der Waals surface area contributed by atoms with Crippen molar-refractivity contribution in [3.63, 3.8) is 0 Å². The van der Waals surface area contributed by atoms with Crippen LogP contribution in [-0.4, -0.2) is 15.0 Å². The number of hydrogen-bond acceptors (Lipinski definition) is 4. The number of aromatic amines is 1. The Labute approximate surface area is 103 Å². The number of aromatic nitrogens is 3. The van der Waals surface area contributed by atoms with Gasteiger partial charge in [0.1, 0.15) is 5.52 Å². The van der Waals surface area contributed by atoms with Crippen molar-refractivity contribution >= 4 is 16.9 Å². The first-order valence-corrected chi connectivity index (χ1v) is 5.42. The van der Waals surface area contributed by atoms with Gasteiger partial charge in [0.15, 0.2) is 11.8 Å². The van der Waals surface area contributed by atoms with Crippen LogP contribution >= 0.6 is 0 Å². The molecule has 0 bridgehead atoms. The largest absolute Gasteiger partial charge is 0.345 e. The SMILES string of the molecule is N#CNc1cccc(-c2cnc3[nH]ccc3n2)c1. The van der Waals surface area contributed by atoms with E-state index in [-0.39, 0.29) is 0 Å². The van der Waals surface area contributed by atoms with Gasteiger partial charge in [0.05, 0.1) is 11.9 Å². The molecule has 2 aromatic heterocycles. The maximum atomic E-state index is 8.60. The van der Waals surface area contributed by atoms with E-state index in [1.54, 1.807) is 6.20 Å². The summed E-state index contributed by atoms with van der Waals surface area (Å²) in [5, 5.41) is 11.2.